The van der Waals surface area contributed by atoms with E-state index < -0.39 is 39.9 Å². The summed E-state index contributed by atoms with van der Waals surface area (Å²) < 4.78 is 72.8. The molecule has 248 valence electrons. The van der Waals surface area contributed by atoms with Crippen molar-refractivity contribution in [2.45, 2.75) is 43.5 Å². The maximum Gasteiger partial charge on any atom is 0.416 e. The van der Waals surface area contributed by atoms with E-state index in [1.807, 2.05) is 6.92 Å². The normalized spacial score (nSPS) is 18.1. The van der Waals surface area contributed by atoms with Crippen LogP contribution in [0.2, 0.25) is 5.02 Å². The Morgan fingerprint density at radius 2 is 1.70 bits per heavy atom. The van der Waals surface area contributed by atoms with E-state index in [0.29, 0.717) is 16.3 Å². The Bertz CT molecular complexity index is 1660. The number of likely N-dealkylation sites (N-methyl/N-ethyl adjacent to an activating group) is 1. The minimum atomic E-state index is -4.51. The predicted octanol–water partition coefficient (Wildman–Crippen LogP) is 5.47. The third-order valence-electron chi connectivity index (χ3n) is 7.60. The van der Waals surface area contributed by atoms with Crippen molar-refractivity contribution in [3.05, 3.63) is 82.9 Å². The maximum atomic E-state index is 13.5. The molecule has 0 spiro atoms. The number of carbonyl (C=O) groups excluding carboxylic acids is 2. The van der Waals surface area contributed by atoms with Gasteiger partial charge >= 0.3 is 12.2 Å². The summed E-state index contributed by atoms with van der Waals surface area (Å²) in [5, 5.41) is 15.3. The van der Waals surface area contributed by atoms with E-state index >= 15 is 0 Å². The predicted molar refractivity (Wildman–Crippen MR) is 167 cm³/mol. The lowest BCUT2D eigenvalue weighted by atomic mass is 10.0. The van der Waals surface area contributed by atoms with Crippen LogP contribution < -0.4 is 15.4 Å². The molecule has 1 aliphatic rings. The van der Waals surface area contributed by atoms with Crippen molar-refractivity contribution in [1.82, 2.24) is 9.21 Å². The van der Waals surface area contributed by atoms with E-state index in [0.717, 1.165) is 28.6 Å². The van der Waals surface area contributed by atoms with Crippen molar-refractivity contribution in [3.8, 4) is 5.75 Å². The van der Waals surface area contributed by atoms with Crippen molar-refractivity contribution in [3.63, 3.8) is 0 Å². The molecule has 3 amide bonds. The average molecular weight is 683 g/mol. The summed E-state index contributed by atoms with van der Waals surface area (Å²) in [6.45, 7) is 3.32. The first-order valence-electron chi connectivity index (χ1n) is 14.3. The van der Waals surface area contributed by atoms with Crippen LogP contribution in [0.3, 0.4) is 0 Å². The molecule has 0 bridgehead atoms. The van der Waals surface area contributed by atoms with Gasteiger partial charge in [0, 0.05) is 41.5 Å². The number of aliphatic hydroxyl groups excluding tert-OH is 1. The van der Waals surface area contributed by atoms with E-state index in [4.69, 9.17) is 16.3 Å². The monoisotopic (exact) mass is 682 g/mol. The minimum Gasteiger partial charge on any atom is -0.488 e. The second-order valence-electron chi connectivity index (χ2n) is 11.1. The number of fused-ring (bicyclic) bond motifs is 1. The summed E-state index contributed by atoms with van der Waals surface area (Å²) >= 11 is 5.93. The van der Waals surface area contributed by atoms with Gasteiger partial charge in [0.15, 0.2) is 0 Å². The van der Waals surface area contributed by atoms with Crippen molar-refractivity contribution >= 4 is 44.9 Å². The molecule has 0 unspecified atom stereocenters. The van der Waals surface area contributed by atoms with Gasteiger partial charge in [-0.3, -0.25) is 4.79 Å². The Hall–Kier alpha value is -3.85. The van der Waals surface area contributed by atoms with Gasteiger partial charge < -0.3 is 25.4 Å². The number of alkyl halides is 3. The number of ether oxygens (including phenoxy) is 1. The third-order valence-corrected chi connectivity index (χ3v) is 9.69. The van der Waals surface area contributed by atoms with Crippen molar-refractivity contribution in [1.29, 1.82) is 0 Å². The Balaban J connectivity index is 1.58. The Morgan fingerprint density at radius 3 is 2.30 bits per heavy atom. The van der Waals surface area contributed by atoms with Gasteiger partial charge in [0.1, 0.15) is 11.9 Å². The first-order chi connectivity index (χ1) is 21.6. The number of aliphatic hydroxyl groups is 1. The largest absolute Gasteiger partial charge is 0.488 e. The Labute approximate surface area is 270 Å². The molecule has 0 aromatic heterocycles. The Kier molecular flexibility index (Phi) is 10.9. The van der Waals surface area contributed by atoms with E-state index in [2.05, 4.69) is 10.6 Å². The highest BCUT2D eigenvalue weighted by Gasteiger charge is 2.34. The molecule has 0 saturated heterocycles. The maximum absolute atomic E-state index is 13.5. The zero-order chi connectivity index (χ0) is 33.8. The number of benzene rings is 3. The first-order valence-corrected chi connectivity index (χ1v) is 16.1. The summed E-state index contributed by atoms with van der Waals surface area (Å²) in [4.78, 5) is 27.7. The molecule has 0 saturated carbocycles. The zero-order valence-electron chi connectivity index (χ0n) is 25.2. The summed E-state index contributed by atoms with van der Waals surface area (Å²) in [5.41, 5.74) is -0.0519. The topological polar surface area (TPSA) is 128 Å². The Morgan fingerprint density at radius 1 is 1.09 bits per heavy atom. The molecule has 3 aromatic carbocycles. The van der Waals surface area contributed by atoms with Gasteiger partial charge in [0.2, 0.25) is 15.9 Å². The molecule has 3 aromatic rings. The number of hydrogen-bond acceptors (Lipinski definition) is 6. The molecule has 1 heterocycles. The van der Waals surface area contributed by atoms with Crippen LogP contribution in [-0.2, 0) is 27.4 Å². The fourth-order valence-corrected chi connectivity index (χ4v) is 6.21. The number of anilines is 2. The van der Waals surface area contributed by atoms with Gasteiger partial charge in [0.25, 0.3) is 0 Å². The second kappa shape index (κ2) is 14.3. The molecule has 0 fully saturated rings. The summed E-state index contributed by atoms with van der Waals surface area (Å²) in [6, 6.07) is 13.1. The highest BCUT2D eigenvalue weighted by Crippen LogP contribution is 2.31. The lowest BCUT2D eigenvalue weighted by Crippen LogP contribution is -2.48. The number of nitrogens with zero attached hydrogens (tertiary/aromatic N) is 2. The van der Waals surface area contributed by atoms with Crippen LogP contribution in [0.1, 0.15) is 25.0 Å². The number of urea groups is 1. The number of hydrogen-bond donors (Lipinski definition) is 3. The summed E-state index contributed by atoms with van der Waals surface area (Å²) in [6.07, 6.45) is -5.39. The number of amides is 3. The highest BCUT2D eigenvalue weighted by atomic mass is 35.5. The third kappa shape index (κ3) is 8.49. The standard InChI is InChI=1S/C31H34ClF3N4O6S/c1-19-16-39(20(2)18-40)29(41)15-21-14-25(37-30(42)36-24-8-4-22(5-9-24)31(33,34)35)10-13-27(21)45-28(19)17-38(3)46(43,44)26-11-6-23(32)7-12-26/h4-14,19-20,28,40H,15-18H2,1-3H3,(H2,36,37,42)/t19-,20+,28-/m1/s1. The van der Waals surface area contributed by atoms with Gasteiger partial charge in [-0.25, -0.2) is 13.2 Å². The van der Waals surface area contributed by atoms with Crippen LogP contribution in [0.25, 0.3) is 0 Å². The molecular weight excluding hydrogens is 649 g/mol. The van der Waals surface area contributed by atoms with Crippen LogP contribution in [0, 0.1) is 5.92 Å². The molecule has 0 aliphatic carbocycles. The molecular formula is C31H34ClF3N4O6S. The molecule has 3 N–H and O–H groups in total. The summed E-state index contributed by atoms with van der Waals surface area (Å²) in [7, 11) is -2.50. The van der Waals surface area contributed by atoms with E-state index in [-0.39, 0.29) is 54.2 Å². The summed E-state index contributed by atoms with van der Waals surface area (Å²) in [5.74, 6) is -0.388. The molecule has 0 radical (unpaired) electrons. The quantitative estimate of drug-likeness (QED) is 0.289. The fraction of sp³-hybridized carbons (Fsp3) is 0.355. The SMILES string of the molecule is C[C@@H]1CN([C@@H](C)CO)C(=O)Cc2cc(NC(=O)Nc3ccc(C(F)(F)F)cc3)ccc2O[C@@H]1CN(C)S(=O)(=O)c1ccc(Cl)cc1. The molecule has 1 aliphatic heterocycles. The van der Waals surface area contributed by atoms with E-state index in [9.17, 15) is 36.3 Å². The lowest BCUT2D eigenvalue weighted by molar-refractivity contribution is -0.137. The number of halogens is 4. The van der Waals surface area contributed by atoms with Gasteiger partial charge in [-0.1, -0.05) is 18.5 Å². The fourth-order valence-electron chi connectivity index (χ4n) is 4.90. The van der Waals surface area contributed by atoms with E-state index in [1.54, 1.807) is 13.0 Å². The minimum absolute atomic E-state index is 0.0477. The van der Waals surface area contributed by atoms with Crippen molar-refractivity contribution < 1.29 is 41.0 Å². The van der Waals surface area contributed by atoms with Gasteiger partial charge in [-0.05, 0) is 73.7 Å². The highest BCUT2D eigenvalue weighted by molar-refractivity contribution is 7.89. The lowest BCUT2D eigenvalue weighted by Gasteiger charge is -2.33. The number of nitrogens with one attached hydrogen (secondary N) is 2. The first kappa shape index (κ1) is 35.0. The molecule has 3 atom stereocenters. The average Bonchev–Trinajstić information content (AvgIpc) is 3.04. The smallest absolute Gasteiger partial charge is 0.416 e. The molecule has 15 heteroatoms. The van der Waals surface area contributed by atoms with E-state index in [1.165, 1.54) is 48.3 Å². The van der Waals surface area contributed by atoms with Crippen LogP contribution >= 0.6 is 11.6 Å². The van der Waals surface area contributed by atoms with Crippen molar-refractivity contribution in [2.24, 2.45) is 5.92 Å². The number of carbonyl (C=O) groups is 2. The second-order valence-corrected chi connectivity index (χ2v) is 13.6. The van der Waals surface area contributed by atoms with Gasteiger partial charge in [-0.2, -0.15) is 17.5 Å². The van der Waals surface area contributed by atoms with Crippen LogP contribution in [0.5, 0.6) is 5.75 Å². The van der Waals surface area contributed by atoms with Gasteiger partial charge in [0.05, 0.1) is 36.1 Å². The molecule has 46 heavy (non-hydrogen) atoms. The number of rotatable bonds is 8. The van der Waals surface area contributed by atoms with Crippen LogP contribution in [0.4, 0.5) is 29.3 Å². The molecule has 4 rings (SSSR count). The molecule has 10 nitrogen and oxygen atoms in total. The number of sulfonamides is 1. The van der Waals surface area contributed by atoms with Crippen LogP contribution in [-0.4, -0.2) is 73.6 Å². The van der Waals surface area contributed by atoms with Gasteiger partial charge in [-0.15, -0.1) is 0 Å². The van der Waals surface area contributed by atoms with Crippen molar-refractivity contribution in [2.75, 3.05) is 37.4 Å². The zero-order valence-corrected chi connectivity index (χ0v) is 26.8. The van der Waals surface area contributed by atoms with Crippen LogP contribution in [0.15, 0.2) is 71.6 Å².